The van der Waals surface area contributed by atoms with Gasteiger partial charge in [-0.15, -0.1) is 0 Å². The predicted molar refractivity (Wildman–Crippen MR) is 31.1 cm³/mol. The largest absolute Gasteiger partial charge is 0.277 e. The molecule has 4 nitrogen and oxygen atoms in total. The molecule has 1 aliphatic heterocycles. The van der Waals surface area contributed by atoms with E-state index in [1.165, 1.54) is 0 Å². The van der Waals surface area contributed by atoms with E-state index in [1.807, 2.05) is 0 Å². The molecule has 0 aromatic carbocycles. The molecule has 0 bridgehead atoms. The van der Waals surface area contributed by atoms with Crippen LogP contribution >= 0.6 is 0 Å². The molecule has 1 heterocycles. The van der Waals surface area contributed by atoms with Gasteiger partial charge in [0.2, 0.25) is 6.41 Å². The lowest BCUT2D eigenvalue weighted by molar-refractivity contribution is -0.194. The monoisotopic (exact) mass is 130 g/mol. The van der Waals surface area contributed by atoms with E-state index in [2.05, 4.69) is 5.48 Å². The summed E-state index contributed by atoms with van der Waals surface area (Å²) in [6.07, 6.45) is 2.83. The quantitative estimate of drug-likeness (QED) is 0.420. The second-order valence-electron chi connectivity index (χ2n) is 1.96. The molecule has 1 saturated heterocycles. The molecular formula is C5H10N2O2. The van der Waals surface area contributed by atoms with Gasteiger partial charge >= 0.3 is 0 Å². The Morgan fingerprint density at radius 1 is 1.44 bits per heavy atom. The molecule has 1 N–H and O–H groups in total. The Bertz CT molecular complexity index is 91.0. The van der Waals surface area contributed by atoms with E-state index in [-0.39, 0.29) is 0 Å². The number of hydrogen-bond acceptors (Lipinski definition) is 3. The molecule has 1 rings (SSSR count). The highest BCUT2D eigenvalue weighted by Crippen LogP contribution is 2.05. The Hall–Kier alpha value is -0.610. The van der Waals surface area contributed by atoms with Gasteiger partial charge in [-0.1, -0.05) is 0 Å². The smallest absolute Gasteiger partial charge is 0.232 e. The zero-order valence-corrected chi connectivity index (χ0v) is 5.17. The van der Waals surface area contributed by atoms with Crippen LogP contribution in [0.4, 0.5) is 0 Å². The molecule has 1 aliphatic rings. The van der Waals surface area contributed by atoms with Crippen LogP contribution in [0, 0.1) is 0 Å². The Morgan fingerprint density at radius 3 is 2.67 bits per heavy atom. The number of nitrogens with one attached hydrogen (secondary N) is 1. The zero-order valence-electron chi connectivity index (χ0n) is 5.17. The summed E-state index contributed by atoms with van der Waals surface area (Å²) in [6.45, 7) is 1.84. The Morgan fingerprint density at radius 2 is 2.11 bits per heavy atom. The normalized spacial score (nSPS) is 20.0. The van der Waals surface area contributed by atoms with Crippen molar-refractivity contribution in [1.82, 2.24) is 10.5 Å². The van der Waals surface area contributed by atoms with Crippen LogP contribution in [0.3, 0.4) is 0 Å². The van der Waals surface area contributed by atoms with Crippen molar-refractivity contribution in [1.29, 1.82) is 0 Å². The Balaban J connectivity index is 2.04. The highest BCUT2D eigenvalue weighted by molar-refractivity contribution is 5.43. The van der Waals surface area contributed by atoms with E-state index in [0.717, 1.165) is 25.9 Å². The molecule has 0 unspecified atom stereocenters. The molecule has 0 aromatic heterocycles. The van der Waals surface area contributed by atoms with Crippen LogP contribution in [0.25, 0.3) is 0 Å². The van der Waals surface area contributed by atoms with Crippen molar-refractivity contribution in [3.8, 4) is 0 Å². The average Bonchev–Trinajstić information content (AvgIpc) is 2.34. The van der Waals surface area contributed by atoms with Gasteiger partial charge in [0.1, 0.15) is 0 Å². The lowest BCUT2D eigenvalue weighted by Gasteiger charge is -2.10. The molecular weight excluding hydrogens is 120 g/mol. The van der Waals surface area contributed by atoms with Crippen molar-refractivity contribution in [2.75, 3.05) is 13.1 Å². The van der Waals surface area contributed by atoms with Gasteiger partial charge in [-0.2, -0.15) is 10.0 Å². The summed E-state index contributed by atoms with van der Waals surface area (Å²) < 4.78 is 0. The Labute approximate surface area is 53.7 Å². The third kappa shape index (κ3) is 1.99. The van der Waals surface area contributed by atoms with Crippen LogP contribution in [0.1, 0.15) is 12.8 Å². The maximum Gasteiger partial charge on any atom is 0.232 e. The van der Waals surface area contributed by atoms with Gasteiger partial charge in [-0.3, -0.25) is 4.79 Å². The van der Waals surface area contributed by atoms with Crippen LogP contribution in [0.2, 0.25) is 0 Å². The third-order valence-corrected chi connectivity index (χ3v) is 1.29. The molecule has 0 saturated carbocycles. The standard InChI is InChI=1S/C5H10N2O2/c8-5-6-9-7-3-1-2-4-7/h5H,1-4H2,(H,6,8). The van der Waals surface area contributed by atoms with Crippen molar-refractivity contribution >= 4 is 6.41 Å². The molecule has 0 radical (unpaired) electrons. The van der Waals surface area contributed by atoms with Crippen LogP contribution in [0.5, 0.6) is 0 Å². The first-order valence-corrected chi connectivity index (χ1v) is 3.04. The topological polar surface area (TPSA) is 41.6 Å². The van der Waals surface area contributed by atoms with E-state index < -0.39 is 0 Å². The maximum absolute atomic E-state index is 9.70. The lowest BCUT2D eigenvalue weighted by Crippen LogP contribution is -2.27. The first-order chi connectivity index (χ1) is 4.43. The predicted octanol–water partition coefficient (Wildman–Crippen LogP) is -0.325. The van der Waals surface area contributed by atoms with Gasteiger partial charge in [0.05, 0.1) is 0 Å². The fourth-order valence-electron chi connectivity index (χ4n) is 0.875. The summed E-state index contributed by atoms with van der Waals surface area (Å²) in [7, 11) is 0. The lowest BCUT2D eigenvalue weighted by atomic mass is 10.4. The number of hydrogen-bond donors (Lipinski definition) is 1. The third-order valence-electron chi connectivity index (χ3n) is 1.29. The summed E-state index contributed by atoms with van der Waals surface area (Å²) in [6, 6.07) is 0. The second-order valence-corrected chi connectivity index (χ2v) is 1.96. The van der Waals surface area contributed by atoms with Gasteiger partial charge in [-0.25, -0.2) is 5.48 Å². The minimum absolute atomic E-state index is 0.526. The number of nitrogens with zero attached hydrogens (tertiary/aromatic N) is 1. The summed E-state index contributed by atoms with van der Waals surface area (Å²) in [5.41, 5.74) is 2.14. The van der Waals surface area contributed by atoms with E-state index in [1.54, 1.807) is 5.06 Å². The number of carbonyl (C=O) groups is 1. The Kier molecular flexibility index (Phi) is 2.48. The van der Waals surface area contributed by atoms with Crippen LogP contribution in [0.15, 0.2) is 0 Å². The first kappa shape index (κ1) is 6.51. The molecule has 52 valence electrons. The highest BCUT2D eigenvalue weighted by atomic mass is 16.8. The minimum atomic E-state index is 0.526. The number of carbonyl (C=O) groups excluding carboxylic acids is 1. The van der Waals surface area contributed by atoms with Gasteiger partial charge in [-0.05, 0) is 12.8 Å². The van der Waals surface area contributed by atoms with Crippen LogP contribution < -0.4 is 5.48 Å². The maximum atomic E-state index is 9.70. The fraction of sp³-hybridized carbons (Fsp3) is 0.800. The van der Waals surface area contributed by atoms with Crippen molar-refractivity contribution in [3.63, 3.8) is 0 Å². The molecule has 1 fully saturated rings. The van der Waals surface area contributed by atoms with Crippen molar-refractivity contribution in [3.05, 3.63) is 0 Å². The second kappa shape index (κ2) is 3.42. The minimum Gasteiger partial charge on any atom is -0.277 e. The zero-order chi connectivity index (χ0) is 6.53. The van der Waals surface area contributed by atoms with E-state index in [9.17, 15) is 4.79 Å². The SMILES string of the molecule is O=CNON1CCCC1. The summed E-state index contributed by atoms with van der Waals surface area (Å²) in [4.78, 5) is 14.5. The first-order valence-electron chi connectivity index (χ1n) is 3.04. The molecule has 0 aliphatic carbocycles. The number of rotatable bonds is 3. The van der Waals surface area contributed by atoms with Gasteiger partial charge in [0, 0.05) is 13.1 Å². The molecule has 0 spiro atoms. The molecule has 0 atom stereocenters. The van der Waals surface area contributed by atoms with Crippen molar-refractivity contribution < 1.29 is 9.73 Å². The van der Waals surface area contributed by atoms with E-state index in [4.69, 9.17) is 4.94 Å². The highest BCUT2D eigenvalue weighted by Gasteiger charge is 2.10. The van der Waals surface area contributed by atoms with Crippen LogP contribution in [-0.4, -0.2) is 24.6 Å². The molecule has 9 heavy (non-hydrogen) atoms. The van der Waals surface area contributed by atoms with Crippen molar-refractivity contribution in [2.45, 2.75) is 12.8 Å². The summed E-state index contributed by atoms with van der Waals surface area (Å²) >= 11 is 0. The van der Waals surface area contributed by atoms with E-state index >= 15 is 0 Å². The summed E-state index contributed by atoms with van der Waals surface area (Å²) in [5, 5.41) is 1.73. The van der Waals surface area contributed by atoms with Crippen molar-refractivity contribution in [2.24, 2.45) is 0 Å². The van der Waals surface area contributed by atoms with E-state index in [0.29, 0.717) is 6.41 Å². The van der Waals surface area contributed by atoms with Crippen LogP contribution in [-0.2, 0) is 9.73 Å². The van der Waals surface area contributed by atoms with Gasteiger partial charge in [0.25, 0.3) is 0 Å². The fourth-order valence-corrected chi connectivity index (χ4v) is 0.875. The molecule has 1 amide bonds. The van der Waals surface area contributed by atoms with Gasteiger partial charge < -0.3 is 0 Å². The number of hydroxylamine groups is 3. The summed E-state index contributed by atoms with van der Waals surface area (Å²) in [5.74, 6) is 0. The van der Waals surface area contributed by atoms with Gasteiger partial charge in [0.15, 0.2) is 0 Å². The average molecular weight is 130 g/mol. The molecule has 0 aromatic rings. The molecule has 4 heteroatoms. The number of amides is 1.